The number of carbonyl (C=O) groups is 1. The van der Waals surface area contributed by atoms with Gasteiger partial charge in [0.25, 0.3) is 0 Å². The molecule has 0 amide bonds. The van der Waals surface area contributed by atoms with Gasteiger partial charge in [-0.05, 0) is 47.4 Å². The summed E-state index contributed by atoms with van der Waals surface area (Å²) < 4.78 is 2.12. The zero-order valence-electron chi connectivity index (χ0n) is 15.4. The molecule has 2 heterocycles. The van der Waals surface area contributed by atoms with E-state index in [-0.39, 0.29) is 6.42 Å². The first-order valence-electron chi connectivity index (χ1n) is 9.15. The average Bonchev–Trinajstić information content (AvgIpc) is 3.11. The summed E-state index contributed by atoms with van der Waals surface area (Å²) in [5.41, 5.74) is 6.29. The molecule has 0 aliphatic carbocycles. The number of aryl methyl sites for hydroxylation is 1. The number of carboxylic acid groups (broad SMARTS) is 1. The Morgan fingerprint density at radius 2 is 1.96 bits per heavy atom. The number of hydrogen-bond acceptors (Lipinski definition) is 2. The molecule has 4 heteroatoms. The number of fused-ring (bicyclic) bond motifs is 1. The lowest BCUT2D eigenvalue weighted by molar-refractivity contribution is -0.136. The molecule has 0 atom stereocenters. The second-order valence-corrected chi connectivity index (χ2v) is 6.66. The largest absolute Gasteiger partial charge is 0.481 e. The summed E-state index contributed by atoms with van der Waals surface area (Å²) in [7, 11) is 0. The third kappa shape index (κ3) is 3.32. The minimum atomic E-state index is -0.787. The van der Waals surface area contributed by atoms with Gasteiger partial charge in [0.05, 0.1) is 17.4 Å². The Morgan fingerprint density at radius 1 is 1.11 bits per heavy atom. The van der Waals surface area contributed by atoms with Gasteiger partial charge in [-0.3, -0.25) is 9.78 Å². The first-order valence-corrected chi connectivity index (χ1v) is 9.15. The van der Waals surface area contributed by atoms with E-state index in [1.165, 1.54) is 0 Å². The second kappa shape index (κ2) is 7.53. The van der Waals surface area contributed by atoms with Crippen molar-refractivity contribution in [2.75, 3.05) is 0 Å². The summed E-state index contributed by atoms with van der Waals surface area (Å²) in [5.74, 6) is -0.787. The van der Waals surface area contributed by atoms with E-state index in [2.05, 4.69) is 40.5 Å². The summed E-state index contributed by atoms with van der Waals surface area (Å²) in [6.45, 7) is 3.95. The molecule has 0 aliphatic heterocycles. The van der Waals surface area contributed by atoms with Crippen molar-refractivity contribution in [2.45, 2.75) is 12.8 Å². The van der Waals surface area contributed by atoms with Crippen LogP contribution in [0, 0.1) is 0 Å². The molecule has 138 valence electrons. The highest BCUT2D eigenvalue weighted by molar-refractivity contribution is 5.99. The van der Waals surface area contributed by atoms with Crippen molar-refractivity contribution in [2.24, 2.45) is 0 Å². The molecule has 0 radical (unpaired) electrons. The van der Waals surface area contributed by atoms with Gasteiger partial charge in [-0.2, -0.15) is 0 Å². The Hall–Kier alpha value is -3.66. The van der Waals surface area contributed by atoms with Crippen LogP contribution in [0.1, 0.15) is 17.5 Å². The molecule has 0 bridgehead atoms. The van der Waals surface area contributed by atoms with Gasteiger partial charge in [0.2, 0.25) is 0 Å². The summed E-state index contributed by atoms with van der Waals surface area (Å²) in [6.07, 6.45) is 8.19. The van der Waals surface area contributed by atoms with Gasteiger partial charge in [-0.1, -0.05) is 43.0 Å². The summed E-state index contributed by atoms with van der Waals surface area (Å²) >= 11 is 0. The number of nitrogens with zero attached hydrogens (tertiary/aromatic N) is 2. The van der Waals surface area contributed by atoms with Crippen molar-refractivity contribution in [3.8, 4) is 16.8 Å². The van der Waals surface area contributed by atoms with Crippen LogP contribution in [-0.2, 0) is 11.2 Å². The fraction of sp³-hybridized carbons (Fsp3) is 0.0833. The van der Waals surface area contributed by atoms with Gasteiger partial charge in [0.1, 0.15) is 0 Å². The molecule has 2 aromatic carbocycles. The Balaban J connectivity index is 1.95. The van der Waals surface area contributed by atoms with Gasteiger partial charge in [0, 0.05) is 29.8 Å². The van der Waals surface area contributed by atoms with Gasteiger partial charge in [-0.15, -0.1) is 0 Å². The number of benzene rings is 2. The highest BCUT2D eigenvalue weighted by Crippen LogP contribution is 2.35. The van der Waals surface area contributed by atoms with Gasteiger partial charge in [0.15, 0.2) is 0 Å². The van der Waals surface area contributed by atoms with E-state index >= 15 is 0 Å². The van der Waals surface area contributed by atoms with Gasteiger partial charge >= 0.3 is 5.97 Å². The molecule has 0 spiro atoms. The monoisotopic (exact) mass is 368 g/mol. The maximum Gasteiger partial charge on any atom is 0.303 e. The Morgan fingerprint density at radius 3 is 2.71 bits per heavy atom. The van der Waals surface area contributed by atoms with Crippen LogP contribution in [0.15, 0.2) is 79.8 Å². The quantitative estimate of drug-likeness (QED) is 0.499. The SMILES string of the molecule is C=Cc1ccccc1-c1cn(-c2cccnc2)c2ccc(CCC(=O)O)cc12. The Bertz CT molecular complexity index is 1160. The summed E-state index contributed by atoms with van der Waals surface area (Å²) in [5, 5.41) is 10.1. The standard InChI is InChI=1S/C24H20N2O2/c1-2-18-6-3-4-8-20(18)22-16-26(19-7-5-13-25-15-19)23-11-9-17(14-21(22)23)10-12-24(27)28/h2-9,11,13-16H,1,10,12H2,(H,27,28). The number of carboxylic acids is 1. The number of aliphatic carboxylic acids is 1. The number of aromatic nitrogens is 2. The van der Waals surface area contributed by atoms with E-state index in [0.29, 0.717) is 6.42 Å². The predicted molar refractivity (Wildman–Crippen MR) is 113 cm³/mol. The lowest BCUT2D eigenvalue weighted by atomic mass is 9.97. The molecular weight excluding hydrogens is 348 g/mol. The molecule has 0 aliphatic rings. The van der Waals surface area contributed by atoms with Crippen LogP contribution < -0.4 is 0 Å². The van der Waals surface area contributed by atoms with Crippen LogP contribution in [0.3, 0.4) is 0 Å². The van der Waals surface area contributed by atoms with Crippen molar-refractivity contribution < 1.29 is 9.90 Å². The van der Waals surface area contributed by atoms with Crippen molar-refractivity contribution in [3.05, 3.63) is 90.9 Å². The van der Waals surface area contributed by atoms with Crippen LogP contribution in [0.2, 0.25) is 0 Å². The van der Waals surface area contributed by atoms with E-state index in [0.717, 1.165) is 38.8 Å². The molecule has 0 unspecified atom stereocenters. The Kier molecular flexibility index (Phi) is 4.77. The van der Waals surface area contributed by atoms with E-state index < -0.39 is 5.97 Å². The van der Waals surface area contributed by atoms with E-state index in [9.17, 15) is 4.79 Å². The van der Waals surface area contributed by atoms with Crippen LogP contribution in [0.4, 0.5) is 0 Å². The highest BCUT2D eigenvalue weighted by atomic mass is 16.4. The fourth-order valence-electron chi connectivity index (χ4n) is 3.53. The van der Waals surface area contributed by atoms with Crippen molar-refractivity contribution in [1.82, 2.24) is 9.55 Å². The number of pyridine rings is 1. The Labute approximate surface area is 163 Å². The molecule has 2 aromatic heterocycles. The molecule has 4 aromatic rings. The highest BCUT2D eigenvalue weighted by Gasteiger charge is 2.14. The minimum absolute atomic E-state index is 0.118. The van der Waals surface area contributed by atoms with Crippen LogP contribution in [0.25, 0.3) is 33.8 Å². The van der Waals surface area contributed by atoms with Gasteiger partial charge in [-0.25, -0.2) is 0 Å². The average molecular weight is 368 g/mol. The lowest BCUT2D eigenvalue weighted by Gasteiger charge is -2.06. The van der Waals surface area contributed by atoms with E-state index in [1.807, 2.05) is 48.7 Å². The molecular formula is C24H20N2O2. The van der Waals surface area contributed by atoms with Gasteiger partial charge < -0.3 is 9.67 Å². The molecule has 28 heavy (non-hydrogen) atoms. The van der Waals surface area contributed by atoms with E-state index in [4.69, 9.17) is 5.11 Å². The fourth-order valence-corrected chi connectivity index (χ4v) is 3.53. The number of rotatable bonds is 6. The van der Waals surface area contributed by atoms with Crippen LogP contribution in [0.5, 0.6) is 0 Å². The third-order valence-electron chi connectivity index (χ3n) is 4.89. The predicted octanol–water partition coefficient (Wildman–Crippen LogP) is 5.35. The zero-order chi connectivity index (χ0) is 19.5. The lowest BCUT2D eigenvalue weighted by Crippen LogP contribution is -1.97. The molecule has 1 N–H and O–H groups in total. The smallest absolute Gasteiger partial charge is 0.303 e. The van der Waals surface area contributed by atoms with Crippen molar-refractivity contribution in [3.63, 3.8) is 0 Å². The maximum atomic E-state index is 11.0. The third-order valence-corrected chi connectivity index (χ3v) is 4.89. The normalized spacial score (nSPS) is 10.9. The molecule has 4 rings (SSSR count). The molecule has 0 saturated heterocycles. The molecule has 0 saturated carbocycles. The van der Waals surface area contributed by atoms with E-state index in [1.54, 1.807) is 6.20 Å². The second-order valence-electron chi connectivity index (χ2n) is 6.66. The van der Waals surface area contributed by atoms with Crippen LogP contribution in [-0.4, -0.2) is 20.6 Å². The number of hydrogen-bond donors (Lipinski definition) is 1. The van der Waals surface area contributed by atoms with Crippen molar-refractivity contribution in [1.29, 1.82) is 0 Å². The topological polar surface area (TPSA) is 55.1 Å². The maximum absolute atomic E-state index is 11.0. The van der Waals surface area contributed by atoms with Crippen LogP contribution >= 0.6 is 0 Å². The summed E-state index contributed by atoms with van der Waals surface area (Å²) in [6, 6.07) is 18.2. The zero-order valence-corrected chi connectivity index (χ0v) is 15.4. The first-order chi connectivity index (χ1) is 13.7. The minimum Gasteiger partial charge on any atom is -0.481 e. The first kappa shape index (κ1) is 17.7. The molecule has 0 fully saturated rings. The van der Waals surface area contributed by atoms with Crippen molar-refractivity contribution >= 4 is 22.9 Å². The summed E-state index contributed by atoms with van der Waals surface area (Å²) in [4.78, 5) is 15.2. The molecule has 4 nitrogen and oxygen atoms in total.